The van der Waals surface area contributed by atoms with Gasteiger partial charge in [-0.1, -0.05) is 11.6 Å². The van der Waals surface area contributed by atoms with Crippen molar-refractivity contribution in [2.24, 2.45) is 0 Å². The molecule has 2 aliphatic rings. The van der Waals surface area contributed by atoms with Gasteiger partial charge in [-0.05, 0) is 43.0 Å². The van der Waals surface area contributed by atoms with Crippen LogP contribution in [-0.2, 0) is 20.0 Å². The van der Waals surface area contributed by atoms with Crippen LogP contribution in [-0.4, -0.2) is 48.8 Å². The number of nitrogens with one attached hydrogen (secondary N) is 1. The average Bonchev–Trinajstić information content (AvgIpc) is 3.10. The lowest BCUT2D eigenvalue weighted by atomic mass is 9.93. The molecular formula is C17H19ClN2O3S. The standard InChI is InChI=1S/C17H19ClN2O3S/c1-20(12-4-7-24(22,23)10-12)16(21)17(5-6-17)14-9-19-15-3-2-11(18)8-13(14)15/h2-3,8-9,12,19H,4-7,10H2,1H3. The van der Waals surface area contributed by atoms with E-state index in [1.807, 2.05) is 24.4 Å². The zero-order valence-electron chi connectivity index (χ0n) is 13.4. The van der Waals surface area contributed by atoms with Crippen molar-refractivity contribution < 1.29 is 13.2 Å². The van der Waals surface area contributed by atoms with Crippen molar-refractivity contribution >= 4 is 38.2 Å². The summed E-state index contributed by atoms with van der Waals surface area (Å²) in [5, 5.41) is 1.61. The topological polar surface area (TPSA) is 70.2 Å². The molecule has 1 aromatic heterocycles. The first kappa shape index (κ1) is 16.0. The second kappa shape index (κ2) is 5.23. The predicted octanol–water partition coefficient (Wildman–Crippen LogP) is 2.50. The third-order valence-corrected chi connectivity index (χ3v) is 7.38. The number of carbonyl (C=O) groups excluding carboxylic acids is 1. The molecule has 1 N–H and O–H groups in total. The number of nitrogens with zero attached hydrogens (tertiary/aromatic N) is 1. The first-order valence-corrected chi connectivity index (χ1v) is 10.3. The van der Waals surface area contributed by atoms with E-state index in [-0.39, 0.29) is 23.5 Å². The Kier molecular flexibility index (Phi) is 3.48. The first-order valence-electron chi connectivity index (χ1n) is 8.07. The molecule has 0 spiro atoms. The molecule has 2 aromatic rings. The summed E-state index contributed by atoms with van der Waals surface area (Å²) >= 11 is 6.12. The van der Waals surface area contributed by atoms with Crippen LogP contribution < -0.4 is 0 Å². The SMILES string of the molecule is CN(C(=O)C1(c2c[nH]c3ccc(Cl)cc23)CC1)C1CCS(=O)(=O)C1. The highest BCUT2D eigenvalue weighted by Crippen LogP contribution is 2.52. The summed E-state index contributed by atoms with van der Waals surface area (Å²) in [6, 6.07) is 5.40. The number of carbonyl (C=O) groups is 1. The van der Waals surface area contributed by atoms with Gasteiger partial charge in [-0.3, -0.25) is 4.79 Å². The molecule has 1 aliphatic heterocycles. The smallest absolute Gasteiger partial charge is 0.233 e. The highest BCUT2D eigenvalue weighted by Gasteiger charge is 2.54. The first-order chi connectivity index (χ1) is 11.3. The van der Waals surface area contributed by atoms with E-state index < -0.39 is 15.3 Å². The van der Waals surface area contributed by atoms with Crippen molar-refractivity contribution in [1.29, 1.82) is 0 Å². The summed E-state index contributed by atoms with van der Waals surface area (Å²) in [5.41, 5.74) is 1.39. The molecule has 2 fully saturated rings. The molecule has 2 heterocycles. The molecule has 128 valence electrons. The highest BCUT2D eigenvalue weighted by atomic mass is 35.5. The fraction of sp³-hybridized carbons (Fsp3) is 0.471. The van der Waals surface area contributed by atoms with Crippen molar-refractivity contribution in [2.75, 3.05) is 18.6 Å². The Morgan fingerprint density at radius 1 is 1.38 bits per heavy atom. The van der Waals surface area contributed by atoms with Gasteiger partial charge >= 0.3 is 0 Å². The molecule has 0 bridgehead atoms. The van der Waals surface area contributed by atoms with Crippen LogP contribution in [0.2, 0.25) is 5.02 Å². The van der Waals surface area contributed by atoms with Gasteiger partial charge in [0.2, 0.25) is 5.91 Å². The fourth-order valence-corrected chi connectivity index (χ4v) is 5.74. The van der Waals surface area contributed by atoms with Crippen LogP contribution in [0.15, 0.2) is 24.4 Å². The molecule has 24 heavy (non-hydrogen) atoms. The normalized spacial score (nSPS) is 24.2. The van der Waals surface area contributed by atoms with Gasteiger partial charge in [-0.2, -0.15) is 0 Å². The lowest BCUT2D eigenvalue weighted by Crippen LogP contribution is -2.43. The quantitative estimate of drug-likeness (QED) is 0.907. The number of fused-ring (bicyclic) bond motifs is 1. The summed E-state index contributed by atoms with van der Waals surface area (Å²) < 4.78 is 23.4. The Morgan fingerprint density at radius 3 is 2.75 bits per heavy atom. The van der Waals surface area contributed by atoms with Gasteiger partial charge in [0.1, 0.15) is 0 Å². The third kappa shape index (κ3) is 2.43. The highest BCUT2D eigenvalue weighted by molar-refractivity contribution is 7.91. The van der Waals surface area contributed by atoms with Crippen molar-refractivity contribution in [3.05, 3.63) is 35.0 Å². The minimum atomic E-state index is -3.01. The zero-order valence-corrected chi connectivity index (χ0v) is 15.0. The monoisotopic (exact) mass is 366 g/mol. The summed E-state index contributed by atoms with van der Waals surface area (Å²) in [6.45, 7) is 0. The summed E-state index contributed by atoms with van der Waals surface area (Å²) in [6.07, 6.45) is 4.00. The molecule has 1 aromatic carbocycles. The van der Waals surface area contributed by atoms with Gasteiger partial charge in [0.05, 0.1) is 16.9 Å². The van der Waals surface area contributed by atoms with Crippen LogP contribution in [0.1, 0.15) is 24.8 Å². The molecule has 1 aliphatic carbocycles. The Hall–Kier alpha value is -1.53. The van der Waals surface area contributed by atoms with Crippen molar-refractivity contribution in [3.8, 4) is 0 Å². The van der Waals surface area contributed by atoms with Crippen LogP contribution in [0.25, 0.3) is 10.9 Å². The molecule has 5 nitrogen and oxygen atoms in total. The molecule has 1 saturated carbocycles. The summed E-state index contributed by atoms with van der Waals surface area (Å²) in [7, 11) is -1.28. The van der Waals surface area contributed by atoms with E-state index in [2.05, 4.69) is 4.98 Å². The third-order valence-electron chi connectivity index (χ3n) is 5.40. The Balaban J connectivity index is 1.67. The number of halogens is 1. The number of amides is 1. The number of sulfone groups is 1. The van der Waals surface area contributed by atoms with E-state index >= 15 is 0 Å². The van der Waals surface area contributed by atoms with Crippen molar-refractivity contribution in [2.45, 2.75) is 30.7 Å². The van der Waals surface area contributed by atoms with Gasteiger partial charge in [0.25, 0.3) is 0 Å². The maximum atomic E-state index is 13.1. The summed E-state index contributed by atoms with van der Waals surface area (Å²) in [5.74, 6) is 0.265. The van der Waals surface area contributed by atoms with Gasteiger partial charge in [0, 0.05) is 35.2 Å². The number of likely N-dealkylation sites (N-methyl/N-ethyl adjacent to an activating group) is 1. The van der Waals surface area contributed by atoms with E-state index in [9.17, 15) is 13.2 Å². The van der Waals surface area contributed by atoms with Crippen LogP contribution in [0.4, 0.5) is 0 Å². The molecular weight excluding hydrogens is 348 g/mol. The second-order valence-corrected chi connectivity index (χ2v) is 9.61. The minimum absolute atomic E-state index is 0.0190. The van der Waals surface area contributed by atoms with E-state index in [1.165, 1.54) is 0 Å². The van der Waals surface area contributed by atoms with Crippen LogP contribution in [0.3, 0.4) is 0 Å². The Morgan fingerprint density at radius 2 is 2.12 bits per heavy atom. The maximum absolute atomic E-state index is 13.1. The number of H-pyrrole nitrogens is 1. The second-order valence-electron chi connectivity index (χ2n) is 6.95. The van der Waals surface area contributed by atoms with E-state index in [0.29, 0.717) is 11.4 Å². The molecule has 0 radical (unpaired) electrons. The number of benzene rings is 1. The van der Waals surface area contributed by atoms with E-state index in [0.717, 1.165) is 29.3 Å². The van der Waals surface area contributed by atoms with E-state index in [1.54, 1.807) is 11.9 Å². The van der Waals surface area contributed by atoms with Gasteiger partial charge in [-0.25, -0.2) is 8.42 Å². The number of rotatable bonds is 3. The maximum Gasteiger partial charge on any atom is 0.233 e. The lowest BCUT2D eigenvalue weighted by molar-refractivity contribution is -0.134. The average molecular weight is 367 g/mol. The van der Waals surface area contributed by atoms with E-state index in [4.69, 9.17) is 11.6 Å². The number of aromatic amines is 1. The number of aromatic nitrogens is 1. The largest absolute Gasteiger partial charge is 0.361 e. The van der Waals surface area contributed by atoms with Gasteiger partial charge < -0.3 is 9.88 Å². The Labute approximate surface area is 145 Å². The molecule has 1 unspecified atom stereocenters. The van der Waals surface area contributed by atoms with Crippen LogP contribution >= 0.6 is 11.6 Å². The van der Waals surface area contributed by atoms with Crippen LogP contribution in [0.5, 0.6) is 0 Å². The molecule has 1 amide bonds. The summed E-state index contributed by atoms with van der Waals surface area (Å²) in [4.78, 5) is 18.0. The molecule has 1 atom stereocenters. The number of hydrogen-bond donors (Lipinski definition) is 1. The van der Waals surface area contributed by atoms with Crippen molar-refractivity contribution in [3.63, 3.8) is 0 Å². The molecule has 7 heteroatoms. The predicted molar refractivity (Wildman–Crippen MR) is 94.0 cm³/mol. The lowest BCUT2D eigenvalue weighted by Gasteiger charge is -2.28. The fourth-order valence-electron chi connectivity index (χ4n) is 3.80. The van der Waals surface area contributed by atoms with Gasteiger partial charge in [-0.15, -0.1) is 0 Å². The van der Waals surface area contributed by atoms with Gasteiger partial charge in [0.15, 0.2) is 9.84 Å². The zero-order chi connectivity index (χ0) is 17.1. The molecule has 4 rings (SSSR count). The Bertz CT molecular complexity index is 930. The van der Waals surface area contributed by atoms with Crippen molar-refractivity contribution in [1.82, 2.24) is 9.88 Å². The number of hydrogen-bond acceptors (Lipinski definition) is 3. The van der Waals surface area contributed by atoms with Crippen LogP contribution in [0, 0.1) is 0 Å². The molecule has 1 saturated heterocycles. The minimum Gasteiger partial charge on any atom is -0.361 e.